The van der Waals surface area contributed by atoms with Gasteiger partial charge < -0.3 is 16.2 Å². The molecule has 106 valence electrons. The van der Waals surface area contributed by atoms with E-state index in [1.54, 1.807) is 36.4 Å². The molecule has 0 fully saturated rings. The van der Waals surface area contributed by atoms with Gasteiger partial charge in [-0.05, 0) is 30.3 Å². The fourth-order valence-corrected chi connectivity index (χ4v) is 1.83. The maximum absolute atomic E-state index is 11.9. The average Bonchev–Trinajstić information content (AvgIpc) is 2.49. The van der Waals surface area contributed by atoms with Crippen LogP contribution in [-0.4, -0.2) is 17.6 Å². The second-order valence-corrected chi connectivity index (χ2v) is 4.44. The lowest BCUT2D eigenvalue weighted by Gasteiger charge is -2.06. The maximum Gasteiger partial charge on any atom is 0.228 e. The number of carbonyl (C=O) groups is 1. The third kappa shape index (κ3) is 4.37. The molecule has 4 N–H and O–H groups in total. The van der Waals surface area contributed by atoms with Crippen molar-refractivity contribution >= 4 is 11.6 Å². The molecule has 0 spiro atoms. The van der Waals surface area contributed by atoms with Gasteiger partial charge in [-0.2, -0.15) is 0 Å². The van der Waals surface area contributed by atoms with Gasteiger partial charge in [0.2, 0.25) is 5.91 Å². The first-order chi connectivity index (χ1) is 10.2. The standard InChI is InChI=1S/C17H16N2O2/c18-11-3-4-13-7-9-15(10-8-13)19-17(21)12-14-5-1-2-6-16(14)20/h1-2,5-10,20H,11-12,18H2,(H,19,21). The number of benzene rings is 2. The molecule has 0 radical (unpaired) electrons. The Hall–Kier alpha value is -2.77. The minimum Gasteiger partial charge on any atom is -0.508 e. The summed E-state index contributed by atoms with van der Waals surface area (Å²) in [6, 6.07) is 14.0. The zero-order valence-corrected chi connectivity index (χ0v) is 11.5. The molecule has 0 saturated heterocycles. The lowest BCUT2D eigenvalue weighted by molar-refractivity contribution is -0.115. The van der Waals surface area contributed by atoms with Crippen molar-refractivity contribution < 1.29 is 9.90 Å². The zero-order valence-electron chi connectivity index (χ0n) is 11.5. The number of nitrogens with two attached hydrogens (primary N) is 1. The molecule has 0 bridgehead atoms. The predicted molar refractivity (Wildman–Crippen MR) is 82.8 cm³/mol. The van der Waals surface area contributed by atoms with Crippen molar-refractivity contribution in [1.29, 1.82) is 0 Å². The Morgan fingerprint density at radius 2 is 1.86 bits per heavy atom. The third-order valence-corrected chi connectivity index (χ3v) is 2.85. The summed E-state index contributed by atoms with van der Waals surface area (Å²) in [4.78, 5) is 11.9. The summed E-state index contributed by atoms with van der Waals surface area (Å²) >= 11 is 0. The quantitative estimate of drug-likeness (QED) is 0.751. The molecule has 2 aromatic carbocycles. The van der Waals surface area contributed by atoms with Crippen LogP contribution in [0.5, 0.6) is 5.75 Å². The first-order valence-electron chi connectivity index (χ1n) is 6.55. The van der Waals surface area contributed by atoms with Gasteiger partial charge in [0.1, 0.15) is 5.75 Å². The van der Waals surface area contributed by atoms with Crippen molar-refractivity contribution in [2.24, 2.45) is 5.73 Å². The molecule has 0 aromatic heterocycles. The highest BCUT2D eigenvalue weighted by atomic mass is 16.3. The van der Waals surface area contributed by atoms with E-state index in [4.69, 9.17) is 5.73 Å². The topological polar surface area (TPSA) is 75.3 Å². The number of hydrogen-bond donors (Lipinski definition) is 3. The van der Waals surface area contributed by atoms with E-state index in [1.807, 2.05) is 12.1 Å². The van der Waals surface area contributed by atoms with E-state index in [0.29, 0.717) is 17.8 Å². The summed E-state index contributed by atoms with van der Waals surface area (Å²) in [6.07, 6.45) is 0.126. The van der Waals surface area contributed by atoms with Crippen LogP contribution in [0.25, 0.3) is 0 Å². The second-order valence-electron chi connectivity index (χ2n) is 4.44. The molecule has 4 nitrogen and oxygen atoms in total. The second kappa shape index (κ2) is 7.13. The summed E-state index contributed by atoms with van der Waals surface area (Å²) in [5, 5.41) is 12.4. The van der Waals surface area contributed by atoms with Crippen LogP contribution in [0.1, 0.15) is 11.1 Å². The number of phenols is 1. The first kappa shape index (κ1) is 14.6. The number of anilines is 1. The highest BCUT2D eigenvalue weighted by Crippen LogP contribution is 2.17. The summed E-state index contributed by atoms with van der Waals surface area (Å²) in [6.45, 7) is 0.319. The Kier molecular flexibility index (Phi) is 4.97. The number of phenolic OH excluding ortho intramolecular Hbond substituents is 1. The summed E-state index contributed by atoms with van der Waals surface area (Å²) in [7, 11) is 0. The summed E-state index contributed by atoms with van der Waals surface area (Å²) in [5.41, 5.74) is 7.44. The Morgan fingerprint density at radius 1 is 1.14 bits per heavy atom. The van der Waals surface area contributed by atoms with Crippen LogP contribution in [-0.2, 0) is 11.2 Å². The molecular formula is C17H16N2O2. The van der Waals surface area contributed by atoms with E-state index in [1.165, 1.54) is 0 Å². The van der Waals surface area contributed by atoms with Crippen LogP contribution in [0.15, 0.2) is 48.5 Å². The van der Waals surface area contributed by atoms with Crippen molar-refractivity contribution in [2.45, 2.75) is 6.42 Å². The number of amides is 1. The number of carbonyl (C=O) groups excluding carboxylic acids is 1. The molecule has 0 aliphatic rings. The first-order valence-corrected chi connectivity index (χ1v) is 6.55. The third-order valence-electron chi connectivity index (χ3n) is 2.85. The van der Waals surface area contributed by atoms with Gasteiger partial charge in [-0.3, -0.25) is 4.79 Å². The molecule has 0 atom stereocenters. The minimum absolute atomic E-state index is 0.125. The van der Waals surface area contributed by atoms with Gasteiger partial charge in [0.05, 0.1) is 13.0 Å². The average molecular weight is 280 g/mol. The van der Waals surface area contributed by atoms with E-state index in [2.05, 4.69) is 17.2 Å². The Balaban J connectivity index is 1.98. The van der Waals surface area contributed by atoms with E-state index < -0.39 is 0 Å². The number of rotatable bonds is 3. The van der Waals surface area contributed by atoms with Crippen molar-refractivity contribution in [3.8, 4) is 17.6 Å². The van der Waals surface area contributed by atoms with Gasteiger partial charge in [-0.15, -0.1) is 0 Å². The van der Waals surface area contributed by atoms with Crippen molar-refractivity contribution in [3.05, 3.63) is 59.7 Å². The normalized spacial score (nSPS) is 9.57. The van der Waals surface area contributed by atoms with Crippen molar-refractivity contribution in [3.63, 3.8) is 0 Å². The van der Waals surface area contributed by atoms with Gasteiger partial charge in [-0.1, -0.05) is 30.0 Å². The molecule has 0 heterocycles. The highest BCUT2D eigenvalue weighted by Gasteiger charge is 2.07. The van der Waals surface area contributed by atoms with Gasteiger partial charge >= 0.3 is 0 Å². The van der Waals surface area contributed by atoms with Crippen LogP contribution in [0.2, 0.25) is 0 Å². The smallest absolute Gasteiger partial charge is 0.228 e. The number of nitrogens with one attached hydrogen (secondary N) is 1. The Labute approximate surface area is 123 Å². The van der Waals surface area contributed by atoms with Crippen LogP contribution in [0.3, 0.4) is 0 Å². The Bertz CT molecular complexity index is 682. The van der Waals surface area contributed by atoms with E-state index in [9.17, 15) is 9.90 Å². The molecule has 0 unspecified atom stereocenters. The van der Waals surface area contributed by atoms with Crippen molar-refractivity contribution in [1.82, 2.24) is 0 Å². The number of para-hydroxylation sites is 1. The van der Waals surface area contributed by atoms with Gasteiger partial charge in [0.25, 0.3) is 0 Å². The molecule has 0 saturated carbocycles. The van der Waals surface area contributed by atoms with E-state index >= 15 is 0 Å². The Morgan fingerprint density at radius 3 is 2.52 bits per heavy atom. The van der Waals surface area contributed by atoms with Crippen LogP contribution >= 0.6 is 0 Å². The highest BCUT2D eigenvalue weighted by molar-refractivity contribution is 5.92. The van der Waals surface area contributed by atoms with E-state index in [-0.39, 0.29) is 18.1 Å². The summed E-state index contributed by atoms with van der Waals surface area (Å²) in [5.74, 6) is 5.62. The zero-order chi connectivity index (χ0) is 15.1. The largest absolute Gasteiger partial charge is 0.508 e. The molecule has 21 heavy (non-hydrogen) atoms. The van der Waals surface area contributed by atoms with Crippen LogP contribution in [0.4, 0.5) is 5.69 Å². The van der Waals surface area contributed by atoms with Crippen molar-refractivity contribution in [2.75, 3.05) is 11.9 Å². The van der Waals surface area contributed by atoms with Crippen LogP contribution in [0, 0.1) is 11.8 Å². The lowest BCUT2D eigenvalue weighted by Crippen LogP contribution is -2.14. The molecule has 2 rings (SSSR count). The molecule has 4 heteroatoms. The van der Waals surface area contributed by atoms with E-state index in [0.717, 1.165) is 5.56 Å². The van der Waals surface area contributed by atoms with Gasteiger partial charge in [-0.25, -0.2) is 0 Å². The monoisotopic (exact) mass is 280 g/mol. The molecule has 0 aliphatic heterocycles. The minimum atomic E-state index is -0.183. The lowest BCUT2D eigenvalue weighted by atomic mass is 10.1. The van der Waals surface area contributed by atoms with Crippen LogP contribution < -0.4 is 11.1 Å². The molecule has 0 aliphatic carbocycles. The number of aromatic hydroxyl groups is 1. The molecule has 2 aromatic rings. The van der Waals surface area contributed by atoms with Gasteiger partial charge in [0.15, 0.2) is 0 Å². The SMILES string of the molecule is NCC#Cc1ccc(NC(=O)Cc2ccccc2O)cc1. The summed E-state index contributed by atoms with van der Waals surface area (Å²) < 4.78 is 0. The fourth-order valence-electron chi connectivity index (χ4n) is 1.83. The maximum atomic E-state index is 11.9. The van der Waals surface area contributed by atoms with Gasteiger partial charge in [0, 0.05) is 16.8 Å². The fraction of sp³-hybridized carbons (Fsp3) is 0.118. The predicted octanol–water partition coefficient (Wildman–Crippen LogP) is 1.88. The number of hydrogen-bond acceptors (Lipinski definition) is 3. The molecular weight excluding hydrogens is 264 g/mol. The molecule has 1 amide bonds.